The van der Waals surface area contributed by atoms with Gasteiger partial charge in [-0.2, -0.15) is 0 Å². The highest BCUT2D eigenvalue weighted by molar-refractivity contribution is 5.86. The largest absolute Gasteiger partial charge is 0.476 e. The van der Waals surface area contributed by atoms with E-state index in [1.54, 1.807) is 4.68 Å². The second-order valence-corrected chi connectivity index (χ2v) is 6.17. The molecule has 0 amide bonds. The van der Waals surface area contributed by atoms with Crippen molar-refractivity contribution in [2.45, 2.75) is 64.7 Å². The number of carboxylic acids is 1. The second kappa shape index (κ2) is 4.30. The Morgan fingerprint density at radius 2 is 2.11 bits per heavy atom. The molecule has 1 unspecified atom stereocenters. The summed E-state index contributed by atoms with van der Waals surface area (Å²) in [6.07, 6.45) is 1.37. The molecule has 0 bridgehead atoms. The van der Waals surface area contributed by atoms with Gasteiger partial charge in [0.2, 0.25) is 0 Å². The van der Waals surface area contributed by atoms with Gasteiger partial charge in [-0.25, -0.2) is 9.48 Å². The molecule has 1 saturated heterocycles. The summed E-state index contributed by atoms with van der Waals surface area (Å²) in [6, 6.07) is -0.00181. The van der Waals surface area contributed by atoms with Crippen LogP contribution in [0.5, 0.6) is 0 Å². The average Bonchev–Trinajstić information content (AvgIpc) is 2.75. The molecule has 6 nitrogen and oxygen atoms in total. The number of aromatic carboxylic acids is 1. The Balaban J connectivity index is 2.45. The van der Waals surface area contributed by atoms with E-state index in [0.29, 0.717) is 12.1 Å². The van der Waals surface area contributed by atoms with Gasteiger partial charge < -0.3 is 9.84 Å². The molecule has 1 aliphatic rings. The standard InChI is InChI=1S/C13H21N3O3/c1-6-8-10(11(17)18)14-15-16(8)9-7-12(2,3)19-13(9,4)5/h9H,6-7H2,1-5H3,(H,17,18). The van der Waals surface area contributed by atoms with Gasteiger partial charge in [-0.3, -0.25) is 0 Å². The van der Waals surface area contributed by atoms with Crippen molar-refractivity contribution in [3.63, 3.8) is 0 Å². The summed E-state index contributed by atoms with van der Waals surface area (Å²) in [7, 11) is 0. The lowest BCUT2D eigenvalue weighted by molar-refractivity contribution is -0.0740. The molecule has 0 aliphatic carbocycles. The molecule has 19 heavy (non-hydrogen) atoms. The Bertz CT molecular complexity index is 505. The summed E-state index contributed by atoms with van der Waals surface area (Å²) in [5.74, 6) is -1.03. The van der Waals surface area contributed by atoms with E-state index in [0.717, 1.165) is 6.42 Å². The van der Waals surface area contributed by atoms with Crippen LogP contribution in [0.2, 0.25) is 0 Å². The predicted molar refractivity (Wildman–Crippen MR) is 69.3 cm³/mol. The minimum atomic E-state index is -1.03. The molecule has 0 aromatic carbocycles. The fourth-order valence-corrected chi connectivity index (χ4v) is 2.97. The third-order valence-electron chi connectivity index (χ3n) is 3.65. The molecule has 1 N–H and O–H groups in total. The molecule has 0 saturated carbocycles. The van der Waals surface area contributed by atoms with E-state index >= 15 is 0 Å². The minimum Gasteiger partial charge on any atom is -0.476 e. The van der Waals surface area contributed by atoms with Crippen molar-refractivity contribution in [2.24, 2.45) is 0 Å². The average molecular weight is 267 g/mol. The Morgan fingerprint density at radius 3 is 2.53 bits per heavy atom. The maximum atomic E-state index is 11.2. The number of hydrogen-bond donors (Lipinski definition) is 1. The van der Waals surface area contributed by atoms with E-state index in [4.69, 9.17) is 9.84 Å². The second-order valence-electron chi connectivity index (χ2n) is 6.17. The first kappa shape index (κ1) is 14.0. The molecule has 6 heteroatoms. The highest BCUT2D eigenvalue weighted by atomic mass is 16.5. The summed E-state index contributed by atoms with van der Waals surface area (Å²) in [5.41, 5.74) is 0.0701. The quantitative estimate of drug-likeness (QED) is 0.907. The minimum absolute atomic E-state index is 0.00181. The van der Waals surface area contributed by atoms with Crippen LogP contribution in [0, 0.1) is 0 Å². The highest BCUT2D eigenvalue weighted by Crippen LogP contribution is 2.45. The van der Waals surface area contributed by atoms with Crippen LogP contribution >= 0.6 is 0 Å². The molecule has 1 aromatic rings. The number of carbonyl (C=O) groups is 1. The molecule has 1 fully saturated rings. The van der Waals surface area contributed by atoms with Crippen LogP contribution < -0.4 is 0 Å². The maximum absolute atomic E-state index is 11.2. The van der Waals surface area contributed by atoms with Crippen molar-refractivity contribution in [1.29, 1.82) is 0 Å². The van der Waals surface area contributed by atoms with Crippen LogP contribution in [0.25, 0.3) is 0 Å². The van der Waals surface area contributed by atoms with E-state index in [1.807, 2.05) is 34.6 Å². The van der Waals surface area contributed by atoms with Gasteiger partial charge in [-0.15, -0.1) is 5.10 Å². The van der Waals surface area contributed by atoms with E-state index in [-0.39, 0.29) is 17.3 Å². The van der Waals surface area contributed by atoms with Gasteiger partial charge in [0.1, 0.15) is 0 Å². The van der Waals surface area contributed by atoms with Gasteiger partial charge >= 0.3 is 5.97 Å². The lowest BCUT2D eigenvalue weighted by Gasteiger charge is -2.27. The van der Waals surface area contributed by atoms with Crippen LogP contribution in [-0.4, -0.2) is 37.3 Å². The molecule has 1 aliphatic heterocycles. The number of aromatic nitrogens is 3. The van der Waals surface area contributed by atoms with Crippen LogP contribution in [-0.2, 0) is 11.2 Å². The first-order valence-electron chi connectivity index (χ1n) is 6.55. The van der Waals surface area contributed by atoms with E-state index in [1.165, 1.54) is 0 Å². The molecule has 1 atom stereocenters. The zero-order valence-corrected chi connectivity index (χ0v) is 12.1. The molecule has 1 aromatic heterocycles. The summed E-state index contributed by atoms with van der Waals surface area (Å²) in [6.45, 7) is 10.0. The Morgan fingerprint density at radius 1 is 1.47 bits per heavy atom. The Labute approximate surface area is 112 Å². The van der Waals surface area contributed by atoms with Gasteiger partial charge in [0.15, 0.2) is 5.69 Å². The van der Waals surface area contributed by atoms with Gasteiger partial charge in [0, 0.05) is 6.42 Å². The van der Waals surface area contributed by atoms with Crippen LogP contribution in [0.4, 0.5) is 0 Å². The number of nitrogens with zero attached hydrogens (tertiary/aromatic N) is 3. The van der Waals surface area contributed by atoms with Crippen molar-refractivity contribution >= 4 is 5.97 Å². The summed E-state index contributed by atoms with van der Waals surface area (Å²) in [5, 5.41) is 17.0. The first-order chi connectivity index (χ1) is 8.68. The Kier molecular flexibility index (Phi) is 3.16. The van der Waals surface area contributed by atoms with Crippen molar-refractivity contribution in [1.82, 2.24) is 15.0 Å². The van der Waals surface area contributed by atoms with Gasteiger partial charge in [-0.05, 0) is 34.1 Å². The van der Waals surface area contributed by atoms with Crippen LogP contribution in [0.1, 0.15) is 63.3 Å². The van der Waals surface area contributed by atoms with Gasteiger partial charge in [0.05, 0.1) is 22.9 Å². The number of ether oxygens (including phenoxy) is 1. The van der Waals surface area contributed by atoms with E-state index in [9.17, 15) is 4.79 Å². The molecule has 0 radical (unpaired) electrons. The molecule has 2 heterocycles. The third-order valence-corrected chi connectivity index (χ3v) is 3.65. The van der Waals surface area contributed by atoms with E-state index < -0.39 is 11.6 Å². The first-order valence-corrected chi connectivity index (χ1v) is 6.55. The summed E-state index contributed by atoms with van der Waals surface area (Å²) in [4.78, 5) is 11.2. The van der Waals surface area contributed by atoms with E-state index in [2.05, 4.69) is 10.3 Å². The zero-order chi connectivity index (χ0) is 14.4. The number of carboxylic acid groups (broad SMARTS) is 1. The van der Waals surface area contributed by atoms with Crippen molar-refractivity contribution < 1.29 is 14.6 Å². The fourth-order valence-electron chi connectivity index (χ4n) is 2.97. The van der Waals surface area contributed by atoms with Crippen molar-refractivity contribution in [3.05, 3.63) is 11.4 Å². The SMILES string of the molecule is CCc1c(C(=O)O)nnn1C1CC(C)(C)OC1(C)C. The lowest BCUT2D eigenvalue weighted by atomic mass is 9.94. The molecule has 106 valence electrons. The predicted octanol–water partition coefficient (Wildman–Crippen LogP) is 2.06. The third kappa shape index (κ3) is 2.36. The summed E-state index contributed by atoms with van der Waals surface area (Å²) < 4.78 is 7.77. The lowest BCUT2D eigenvalue weighted by Crippen LogP contribution is -2.32. The molecular formula is C13H21N3O3. The normalized spacial score (nSPS) is 24.6. The number of hydrogen-bond acceptors (Lipinski definition) is 4. The Hall–Kier alpha value is -1.43. The van der Waals surface area contributed by atoms with Crippen LogP contribution in [0.3, 0.4) is 0 Å². The van der Waals surface area contributed by atoms with Crippen molar-refractivity contribution in [3.8, 4) is 0 Å². The number of rotatable bonds is 3. The van der Waals surface area contributed by atoms with Crippen LogP contribution in [0.15, 0.2) is 0 Å². The molecular weight excluding hydrogens is 246 g/mol. The topological polar surface area (TPSA) is 77.2 Å². The fraction of sp³-hybridized carbons (Fsp3) is 0.769. The zero-order valence-electron chi connectivity index (χ0n) is 12.1. The summed E-state index contributed by atoms with van der Waals surface area (Å²) >= 11 is 0. The van der Waals surface area contributed by atoms with Gasteiger partial charge in [0.25, 0.3) is 0 Å². The molecule has 2 rings (SSSR count). The smallest absolute Gasteiger partial charge is 0.358 e. The van der Waals surface area contributed by atoms with Gasteiger partial charge in [-0.1, -0.05) is 12.1 Å². The highest BCUT2D eigenvalue weighted by Gasteiger charge is 2.48. The van der Waals surface area contributed by atoms with Crippen molar-refractivity contribution in [2.75, 3.05) is 0 Å². The maximum Gasteiger partial charge on any atom is 0.358 e. The monoisotopic (exact) mass is 267 g/mol. The molecule has 0 spiro atoms.